The molecule has 0 fully saturated rings. The Morgan fingerprint density at radius 1 is 1.12 bits per heavy atom. The van der Waals surface area contributed by atoms with E-state index in [-0.39, 0.29) is 6.07 Å². The van der Waals surface area contributed by atoms with Crippen LogP contribution in [0, 0.1) is 23.0 Å². The molecule has 0 aliphatic carbocycles. The van der Waals surface area contributed by atoms with E-state index in [4.69, 9.17) is 4.74 Å². The molecule has 0 aliphatic heterocycles. The third-order valence-corrected chi connectivity index (χ3v) is 4.63. The fourth-order valence-electron chi connectivity index (χ4n) is 2.91. The number of esters is 1. The Balaban J connectivity index is 2.06. The highest BCUT2D eigenvalue weighted by atomic mass is 19.4. The van der Waals surface area contributed by atoms with Crippen LogP contribution >= 0.6 is 0 Å². The van der Waals surface area contributed by atoms with Crippen molar-refractivity contribution in [3.63, 3.8) is 0 Å². The number of hydrogen-bond acceptors (Lipinski definition) is 6. The molecule has 0 heterocycles. The van der Waals surface area contributed by atoms with Gasteiger partial charge in [-0.3, -0.25) is 19.7 Å². The molecule has 0 radical (unpaired) electrons. The van der Waals surface area contributed by atoms with Crippen molar-refractivity contribution >= 4 is 29.2 Å². The molecule has 2 N–H and O–H groups in total. The van der Waals surface area contributed by atoms with Gasteiger partial charge in [-0.2, -0.15) is 13.2 Å². The average Bonchev–Trinajstić information content (AvgIpc) is 2.74. The number of nitro groups is 1. The van der Waals surface area contributed by atoms with E-state index < -0.39 is 64.4 Å². The molecule has 2 amide bonds. The fraction of sp³-hybridized carbons (Fsp3) is 0.318. The van der Waals surface area contributed by atoms with E-state index in [0.717, 1.165) is 17.7 Å². The van der Waals surface area contributed by atoms with Crippen LogP contribution in [0.2, 0.25) is 0 Å². The quantitative estimate of drug-likeness (QED) is 0.335. The largest absolute Gasteiger partial charge is 0.454 e. The minimum atomic E-state index is -4.98. The van der Waals surface area contributed by atoms with Gasteiger partial charge in [-0.05, 0) is 31.0 Å². The molecule has 0 aliphatic rings. The number of nitro benzene ring substituents is 1. The van der Waals surface area contributed by atoms with Crippen molar-refractivity contribution in [2.24, 2.45) is 5.92 Å². The molecule has 182 valence electrons. The van der Waals surface area contributed by atoms with Gasteiger partial charge in [0.1, 0.15) is 6.04 Å². The van der Waals surface area contributed by atoms with E-state index in [1.165, 1.54) is 0 Å². The van der Waals surface area contributed by atoms with Crippen LogP contribution in [0.3, 0.4) is 0 Å². The van der Waals surface area contributed by atoms with Crippen LogP contribution in [0.5, 0.6) is 0 Å². The third kappa shape index (κ3) is 7.02. The summed E-state index contributed by atoms with van der Waals surface area (Å²) in [6.45, 7) is 4.12. The van der Waals surface area contributed by atoms with Crippen LogP contribution in [0.25, 0.3) is 0 Å². The monoisotopic (exact) mass is 481 g/mol. The first-order valence-electron chi connectivity index (χ1n) is 9.99. The van der Waals surface area contributed by atoms with Crippen molar-refractivity contribution in [2.75, 3.05) is 11.9 Å². The molecule has 2 rings (SSSR count). The molecule has 0 spiro atoms. The Labute approximate surface area is 192 Å². The number of benzene rings is 2. The molecule has 2 aromatic rings. The van der Waals surface area contributed by atoms with Crippen LogP contribution in [0.4, 0.5) is 24.5 Å². The minimum Gasteiger partial charge on any atom is -0.454 e. The van der Waals surface area contributed by atoms with E-state index in [1.54, 1.807) is 45.0 Å². The van der Waals surface area contributed by atoms with E-state index in [9.17, 15) is 37.7 Å². The molecule has 9 nitrogen and oxygen atoms in total. The number of alkyl halides is 3. The summed E-state index contributed by atoms with van der Waals surface area (Å²) >= 11 is 0. The maximum atomic E-state index is 13.2. The molecule has 12 heteroatoms. The number of nitrogens with zero attached hydrogens (tertiary/aromatic N) is 1. The van der Waals surface area contributed by atoms with Gasteiger partial charge in [-0.1, -0.05) is 31.5 Å². The molecule has 0 saturated heterocycles. The Hall–Kier alpha value is -3.96. The van der Waals surface area contributed by atoms with Gasteiger partial charge in [0.25, 0.3) is 17.5 Å². The summed E-state index contributed by atoms with van der Waals surface area (Å²) in [6, 6.07) is 7.34. The third-order valence-electron chi connectivity index (χ3n) is 4.63. The maximum Gasteiger partial charge on any atom is 0.418 e. The number of carbonyl (C=O) groups excluding carboxylic acids is 3. The van der Waals surface area contributed by atoms with Gasteiger partial charge in [-0.15, -0.1) is 0 Å². The lowest BCUT2D eigenvalue weighted by Gasteiger charge is -2.21. The highest BCUT2D eigenvalue weighted by molar-refractivity contribution is 5.98. The van der Waals surface area contributed by atoms with Crippen LogP contribution < -0.4 is 10.6 Å². The highest BCUT2D eigenvalue weighted by Gasteiger charge is 2.36. The number of carbonyl (C=O) groups is 3. The van der Waals surface area contributed by atoms with Crippen LogP contribution in [-0.4, -0.2) is 35.4 Å². The zero-order valence-corrected chi connectivity index (χ0v) is 18.4. The lowest BCUT2D eigenvalue weighted by atomic mass is 10.0. The second-order valence-electron chi connectivity index (χ2n) is 7.71. The second kappa shape index (κ2) is 10.8. The van der Waals surface area contributed by atoms with Gasteiger partial charge in [0, 0.05) is 17.7 Å². The SMILES string of the molecule is Cc1cccc(C(=O)N[C@H](C(=O)OCC(=O)Nc2ccc([N+](=O)[O-])cc2C(F)(F)F)C(C)C)c1. The number of aryl methyl sites for hydroxylation is 1. The van der Waals surface area contributed by atoms with Crippen LogP contribution in [-0.2, 0) is 20.5 Å². The van der Waals surface area contributed by atoms with Gasteiger partial charge in [0.05, 0.1) is 16.2 Å². The number of nitrogens with one attached hydrogen (secondary N) is 2. The summed E-state index contributed by atoms with van der Waals surface area (Å²) < 4.78 is 44.6. The fourth-order valence-corrected chi connectivity index (χ4v) is 2.91. The number of halogens is 3. The number of non-ortho nitro benzene ring substituents is 1. The van der Waals surface area contributed by atoms with E-state index >= 15 is 0 Å². The van der Waals surface area contributed by atoms with Gasteiger partial charge in [-0.25, -0.2) is 4.79 Å². The summed E-state index contributed by atoms with van der Waals surface area (Å²) in [4.78, 5) is 46.8. The number of hydrogen-bond donors (Lipinski definition) is 2. The summed E-state index contributed by atoms with van der Waals surface area (Å²) in [5.74, 6) is -3.01. The Kier molecular flexibility index (Phi) is 8.33. The van der Waals surface area contributed by atoms with Crippen molar-refractivity contribution in [3.05, 3.63) is 69.3 Å². The topological polar surface area (TPSA) is 128 Å². The lowest BCUT2D eigenvalue weighted by Crippen LogP contribution is -2.46. The molecule has 0 saturated carbocycles. The molecule has 2 aromatic carbocycles. The van der Waals surface area contributed by atoms with Crippen molar-refractivity contribution in [1.29, 1.82) is 0 Å². The predicted octanol–water partition coefficient (Wildman–Crippen LogP) is 3.86. The first-order valence-corrected chi connectivity index (χ1v) is 9.99. The van der Waals surface area contributed by atoms with Crippen molar-refractivity contribution in [2.45, 2.75) is 33.0 Å². The zero-order valence-electron chi connectivity index (χ0n) is 18.4. The van der Waals surface area contributed by atoms with Crippen molar-refractivity contribution in [1.82, 2.24) is 5.32 Å². The van der Waals surface area contributed by atoms with E-state index in [2.05, 4.69) is 5.32 Å². The molecular formula is C22H22F3N3O6. The number of ether oxygens (including phenoxy) is 1. The summed E-state index contributed by atoms with van der Waals surface area (Å²) in [7, 11) is 0. The van der Waals surface area contributed by atoms with Gasteiger partial charge in [0.2, 0.25) is 0 Å². The normalized spacial score (nSPS) is 12.1. The zero-order chi connectivity index (χ0) is 25.6. The summed E-state index contributed by atoms with van der Waals surface area (Å²) in [5.41, 5.74) is -1.81. The maximum absolute atomic E-state index is 13.2. The first kappa shape index (κ1) is 26.3. The van der Waals surface area contributed by atoms with Crippen LogP contribution in [0.1, 0.15) is 35.3 Å². The summed E-state index contributed by atoms with van der Waals surface area (Å²) in [6.07, 6.45) is -4.98. The minimum absolute atomic E-state index is 0.289. The van der Waals surface area contributed by atoms with Gasteiger partial charge < -0.3 is 15.4 Å². The molecule has 0 unspecified atom stereocenters. The molecule has 34 heavy (non-hydrogen) atoms. The molecule has 0 aromatic heterocycles. The molecule has 0 bridgehead atoms. The lowest BCUT2D eigenvalue weighted by molar-refractivity contribution is -0.385. The standard InChI is InChI=1S/C22H22F3N3O6/c1-12(2)19(27-20(30)14-6-4-5-13(3)9-14)21(31)34-11-18(29)26-17-8-7-15(28(32)33)10-16(17)22(23,24)25/h4-10,12,19H,11H2,1-3H3,(H,26,29)(H,27,30)/t19-/m0/s1. The second-order valence-corrected chi connectivity index (χ2v) is 7.71. The van der Waals surface area contributed by atoms with Crippen molar-refractivity contribution in [3.8, 4) is 0 Å². The van der Waals surface area contributed by atoms with Gasteiger partial charge in [0.15, 0.2) is 6.61 Å². The number of anilines is 1. The first-order chi connectivity index (χ1) is 15.8. The Bertz CT molecular complexity index is 1100. The van der Waals surface area contributed by atoms with Gasteiger partial charge >= 0.3 is 12.1 Å². The Morgan fingerprint density at radius 3 is 2.35 bits per heavy atom. The summed E-state index contributed by atoms with van der Waals surface area (Å²) in [5, 5.41) is 15.2. The predicted molar refractivity (Wildman–Crippen MR) is 115 cm³/mol. The average molecular weight is 481 g/mol. The smallest absolute Gasteiger partial charge is 0.418 e. The molecular weight excluding hydrogens is 459 g/mol. The highest BCUT2D eigenvalue weighted by Crippen LogP contribution is 2.37. The van der Waals surface area contributed by atoms with Crippen LogP contribution in [0.15, 0.2) is 42.5 Å². The Morgan fingerprint density at radius 2 is 1.79 bits per heavy atom. The number of rotatable bonds is 8. The van der Waals surface area contributed by atoms with E-state index in [1.807, 2.05) is 5.32 Å². The number of amides is 2. The van der Waals surface area contributed by atoms with E-state index in [0.29, 0.717) is 5.56 Å². The van der Waals surface area contributed by atoms with Crippen molar-refractivity contribution < 1.29 is 37.2 Å². The molecule has 1 atom stereocenters.